The Balaban J connectivity index is 1.73. The number of rotatable bonds is 5. The molecule has 3 rings (SSSR count). The summed E-state index contributed by atoms with van der Waals surface area (Å²) in [5, 5.41) is 2.65. The van der Waals surface area contributed by atoms with Gasteiger partial charge in [0.15, 0.2) is 0 Å². The van der Waals surface area contributed by atoms with Crippen molar-refractivity contribution in [2.75, 3.05) is 18.0 Å². The summed E-state index contributed by atoms with van der Waals surface area (Å²) in [5.74, 6) is -0.241. The third-order valence-electron chi connectivity index (χ3n) is 5.15. The van der Waals surface area contributed by atoms with Gasteiger partial charge in [-0.05, 0) is 42.5 Å². The number of hydrogen-bond acceptors (Lipinski definition) is 3. The Labute approximate surface area is 177 Å². The first-order chi connectivity index (χ1) is 14.1. The highest BCUT2D eigenvalue weighted by atomic mass is 35.5. The van der Waals surface area contributed by atoms with E-state index in [0.29, 0.717) is 30.1 Å². The van der Waals surface area contributed by atoms with E-state index in [2.05, 4.69) is 17.2 Å². The number of nitrogens with one attached hydrogen (secondary N) is 1. The first kappa shape index (κ1) is 22.3. The number of anilines is 1. The third-order valence-corrected chi connectivity index (χ3v) is 5.46. The van der Waals surface area contributed by atoms with Gasteiger partial charge in [0.25, 0.3) is 0 Å². The van der Waals surface area contributed by atoms with Crippen LogP contribution < -0.4 is 10.2 Å². The Bertz CT molecular complexity index is 912. The molecular weight excluding hydrogens is 422 g/mol. The molecule has 0 saturated carbocycles. The van der Waals surface area contributed by atoms with Crippen molar-refractivity contribution in [3.63, 3.8) is 0 Å². The Kier molecular flexibility index (Phi) is 6.85. The highest BCUT2D eigenvalue weighted by Crippen LogP contribution is 2.32. The first-order valence-corrected chi connectivity index (χ1v) is 10.0. The number of benzene rings is 1. The van der Waals surface area contributed by atoms with Crippen LogP contribution in [0.2, 0.25) is 5.02 Å². The van der Waals surface area contributed by atoms with Crippen LogP contribution in [0, 0.1) is 11.7 Å². The molecule has 1 N–H and O–H groups in total. The maximum atomic E-state index is 13.5. The lowest BCUT2D eigenvalue weighted by atomic mass is 9.99. The molecule has 0 radical (unpaired) electrons. The molecule has 0 bridgehead atoms. The molecule has 162 valence electrons. The molecule has 0 spiro atoms. The normalized spacial score (nSPS) is 15.3. The van der Waals surface area contributed by atoms with Crippen molar-refractivity contribution in [2.45, 2.75) is 38.9 Å². The molecule has 1 aromatic heterocycles. The molecule has 0 unspecified atom stereocenters. The SMILES string of the molecule is CC1CCN(c2nc(C(F)(F)F)ccc2CNC(=O)Cc2ccc(Cl)c(F)c2)CC1. The monoisotopic (exact) mass is 443 g/mol. The van der Waals surface area contributed by atoms with Gasteiger partial charge in [0.2, 0.25) is 5.91 Å². The highest BCUT2D eigenvalue weighted by Gasteiger charge is 2.34. The second kappa shape index (κ2) is 9.20. The van der Waals surface area contributed by atoms with Crippen LogP contribution in [-0.4, -0.2) is 24.0 Å². The number of hydrogen-bond donors (Lipinski definition) is 1. The maximum Gasteiger partial charge on any atom is 0.433 e. The van der Waals surface area contributed by atoms with Gasteiger partial charge in [-0.2, -0.15) is 13.2 Å². The van der Waals surface area contributed by atoms with E-state index in [1.165, 1.54) is 18.2 Å². The number of amides is 1. The fourth-order valence-electron chi connectivity index (χ4n) is 3.36. The van der Waals surface area contributed by atoms with Crippen LogP contribution in [0.3, 0.4) is 0 Å². The zero-order valence-electron chi connectivity index (χ0n) is 16.4. The summed E-state index contributed by atoms with van der Waals surface area (Å²) in [6, 6.07) is 6.37. The van der Waals surface area contributed by atoms with Gasteiger partial charge in [-0.25, -0.2) is 9.37 Å². The fourth-order valence-corrected chi connectivity index (χ4v) is 3.48. The number of nitrogens with zero attached hydrogens (tertiary/aromatic N) is 2. The van der Waals surface area contributed by atoms with Crippen LogP contribution >= 0.6 is 11.6 Å². The lowest BCUT2D eigenvalue weighted by molar-refractivity contribution is -0.141. The number of alkyl halides is 3. The zero-order chi connectivity index (χ0) is 21.9. The van der Waals surface area contributed by atoms with Crippen LogP contribution in [0.4, 0.5) is 23.4 Å². The predicted octanol–water partition coefficient (Wildman–Crippen LogP) is 4.99. The van der Waals surface area contributed by atoms with Crippen molar-refractivity contribution in [1.82, 2.24) is 10.3 Å². The van der Waals surface area contributed by atoms with Crippen molar-refractivity contribution >= 4 is 23.3 Å². The van der Waals surface area contributed by atoms with E-state index in [4.69, 9.17) is 11.6 Å². The number of carbonyl (C=O) groups excluding carboxylic acids is 1. The largest absolute Gasteiger partial charge is 0.433 e. The molecule has 1 aromatic carbocycles. The molecule has 30 heavy (non-hydrogen) atoms. The Morgan fingerprint density at radius 1 is 1.23 bits per heavy atom. The van der Waals surface area contributed by atoms with Gasteiger partial charge in [-0.15, -0.1) is 0 Å². The second-order valence-electron chi connectivity index (χ2n) is 7.55. The van der Waals surface area contributed by atoms with Gasteiger partial charge < -0.3 is 10.2 Å². The summed E-state index contributed by atoms with van der Waals surface area (Å²) in [5.41, 5.74) is 0.00112. The first-order valence-electron chi connectivity index (χ1n) is 9.66. The number of pyridine rings is 1. The van der Waals surface area contributed by atoms with E-state index in [9.17, 15) is 22.4 Å². The van der Waals surface area contributed by atoms with E-state index in [1.807, 2.05) is 4.90 Å². The minimum Gasteiger partial charge on any atom is -0.356 e. The average Bonchev–Trinajstić information content (AvgIpc) is 2.69. The average molecular weight is 444 g/mol. The van der Waals surface area contributed by atoms with Crippen LogP contribution in [0.5, 0.6) is 0 Å². The lowest BCUT2D eigenvalue weighted by Crippen LogP contribution is -2.35. The molecule has 1 aliphatic rings. The maximum absolute atomic E-state index is 13.5. The van der Waals surface area contributed by atoms with E-state index >= 15 is 0 Å². The summed E-state index contributed by atoms with van der Waals surface area (Å²) in [6.07, 6.45) is -2.88. The summed E-state index contributed by atoms with van der Waals surface area (Å²) >= 11 is 5.64. The third kappa shape index (κ3) is 5.62. The van der Waals surface area contributed by atoms with Crippen molar-refractivity contribution < 1.29 is 22.4 Å². The van der Waals surface area contributed by atoms with Gasteiger partial charge >= 0.3 is 6.18 Å². The Hall–Kier alpha value is -2.35. The van der Waals surface area contributed by atoms with Gasteiger partial charge in [-0.1, -0.05) is 30.7 Å². The molecule has 2 aromatic rings. The lowest BCUT2D eigenvalue weighted by Gasteiger charge is -2.33. The van der Waals surface area contributed by atoms with Crippen molar-refractivity contribution in [3.8, 4) is 0 Å². The minimum absolute atomic E-state index is 0.0292. The van der Waals surface area contributed by atoms with Crippen LogP contribution in [0.1, 0.15) is 36.6 Å². The molecule has 1 fully saturated rings. The quantitative estimate of drug-likeness (QED) is 0.662. The molecule has 0 atom stereocenters. The van der Waals surface area contributed by atoms with Crippen LogP contribution in [0.15, 0.2) is 30.3 Å². The molecule has 1 amide bonds. The van der Waals surface area contributed by atoms with Gasteiger partial charge in [0.1, 0.15) is 17.3 Å². The summed E-state index contributed by atoms with van der Waals surface area (Å²) in [4.78, 5) is 18.0. The topological polar surface area (TPSA) is 45.2 Å². The second-order valence-corrected chi connectivity index (χ2v) is 7.96. The number of carbonyl (C=O) groups is 1. The van der Waals surface area contributed by atoms with Gasteiger partial charge in [0.05, 0.1) is 11.4 Å². The zero-order valence-corrected chi connectivity index (χ0v) is 17.2. The molecular formula is C21H22ClF4N3O. The minimum atomic E-state index is -4.54. The predicted molar refractivity (Wildman–Crippen MR) is 107 cm³/mol. The van der Waals surface area contributed by atoms with Crippen LogP contribution in [0.25, 0.3) is 0 Å². The summed E-state index contributed by atoms with van der Waals surface area (Å²) in [7, 11) is 0. The molecule has 1 aliphatic heterocycles. The van der Waals surface area contributed by atoms with E-state index in [0.717, 1.165) is 18.9 Å². The van der Waals surface area contributed by atoms with Gasteiger partial charge in [-0.3, -0.25) is 4.79 Å². The summed E-state index contributed by atoms with van der Waals surface area (Å²) in [6.45, 7) is 3.36. The summed E-state index contributed by atoms with van der Waals surface area (Å²) < 4.78 is 53.0. The Morgan fingerprint density at radius 2 is 1.93 bits per heavy atom. The molecule has 9 heteroatoms. The van der Waals surface area contributed by atoms with Crippen molar-refractivity contribution in [2.24, 2.45) is 5.92 Å². The molecule has 2 heterocycles. The highest BCUT2D eigenvalue weighted by molar-refractivity contribution is 6.30. The standard InChI is InChI=1S/C21H22ClF4N3O/c1-13-6-8-29(9-7-13)20-15(3-5-18(28-20)21(24,25)26)12-27-19(30)11-14-2-4-16(22)17(23)10-14/h2-5,10,13H,6-9,11-12H2,1H3,(H,27,30). The van der Waals surface area contributed by atoms with E-state index in [1.54, 1.807) is 6.07 Å². The number of aromatic nitrogens is 1. The van der Waals surface area contributed by atoms with E-state index in [-0.39, 0.29) is 29.7 Å². The van der Waals surface area contributed by atoms with Crippen molar-refractivity contribution in [1.29, 1.82) is 0 Å². The molecule has 4 nitrogen and oxygen atoms in total. The van der Waals surface area contributed by atoms with Crippen LogP contribution in [-0.2, 0) is 23.9 Å². The molecule has 1 saturated heterocycles. The van der Waals surface area contributed by atoms with E-state index < -0.39 is 17.7 Å². The van der Waals surface area contributed by atoms with Gasteiger partial charge in [0, 0.05) is 25.2 Å². The molecule has 0 aliphatic carbocycles. The van der Waals surface area contributed by atoms with Crippen molar-refractivity contribution in [3.05, 3.63) is 58.0 Å². The fraction of sp³-hybridized carbons (Fsp3) is 0.429. The smallest absolute Gasteiger partial charge is 0.356 e. The number of halogens is 5. The number of piperidine rings is 1. The Morgan fingerprint density at radius 3 is 2.57 bits per heavy atom.